The maximum atomic E-state index is 12.7. The molecule has 2 amide bonds. The standard InChI is InChI=1S/C22H22N2O5/c1-29-15-12-10-14(11-13-15)23-21(26)18-8-4-5-9-19(18)24-20(25)16-6-2-3-7-17(16)22(27)28/h2-5,8-13,16-17H,6-7H2,1H3,(H,23,26)(H,24,25)(H,27,28)/p-1/t16-,17+/m0/s1. The number of benzene rings is 2. The number of para-hydroxylation sites is 1. The first-order valence-corrected chi connectivity index (χ1v) is 9.20. The van der Waals surface area contributed by atoms with E-state index in [1.807, 2.05) is 0 Å². The van der Waals surface area contributed by atoms with Gasteiger partial charge in [0, 0.05) is 17.6 Å². The van der Waals surface area contributed by atoms with E-state index in [4.69, 9.17) is 4.74 Å². The van der Waals surface area contributed by atoms with Gasteiger partial charge in [0.05, 0.1) is 24.3 Å². The zero-order valence-corrected chi connectivity index (χ0v) is 15.9. The molecule has 0 spiro atoms. The lowest BCUT2D eigenvalue weighted by Gasteiger charge is -2.28. The van der Waals surface area contributed by atoms with E-state index < -0.39 is 29.6 Å². The minimum atomic E-state index is -1.25. The van der Waals surface area contributed by atoms with Gasteiger partial charge in [-0.15, -0.1) is 0 Å². The molecule has 0 bridgehead atoms. The Morgan fingerprint density at radius 1 is 0.931 bits per heavy atom. The van der Waals surface area contributed by atoms with Gasteiger partial charge in [0.15, 0.2) is 0 Å². The first kappa shape index (κ1) is 20.1. The Balaban J connectivity index is 1.75. The summed E-state index contributed by atoms with van der Waals surface area (Å²) in [4.78, 5) is 36.8. The van der Waals surface area contributed by atoms with E-state index in [1.54, 1.807) is 67.8 Å². The number of carbonyl (C=O) groups is 3. The zero-order chi connectivity index (χ0) is 20.8. The van der Waals surface area contributed by atoms with Crippen molar-refractivity contribution in [2.24, 2.45) is 11.8 Å². The maximum absolute atomic E-state index is 12.7. The predicted molar refractivity (Wildman–Crippen MR) is 106 cm³/mol. The number of carboxylic acid groups (broad SMARTS) is 1. The monoisotopic (exact) mass is 393 g/mol. The average Bonchev–Trinajstić information content (AvgIpc) is 2.74. The van der Waals surface area contributed by atoms with Crippen LogP contribution in [0.3, 0.4) is 0 Å². The second kappa shape index (κ2) is 9.05. The molecule has 0 aliphatic heterocycles. The van der Waals surface area contributed by atoms with Crippen LogP contribution in [-0.4, -0.2) is 24.9 Å². The van der Waals surface area contributed by atoms with Crippen LogP contribution < -0.4 is 20.5 Å². The summed E-state index contributed by atoms with van der Waals surface area (Å²) >= 11 is 0. The molecule has 2 aromatic rings. The summed E-state index contributed by atoms with van der Waals surface area (Å²) in [6.07, 6.45) is 4.08. The third-order valence-electron chi connectivity index (χ3n) is 4.85. The van der Waals surface area contributed by atoms with Crippen LogP contribution in [0.5, 0.6) is 5.75 Å². The average molecular weight is 393 g/mol. The lowest BCUT2D eigenvalue weighted by molar-refractivity contribution is -0.313. The Bertz CT molecular complexity index is 936. The van der Waals surface area contributed by atoms with Crippen LogP contribution >= 0.6 is 0 Å². The smallest absolute Gasteiger partial charge is 0.257 e. The van der Waals surface area contributed by atoms with E-state index in [0.29, 0.717) is 23.5 Å². The van der Waals surface area contributed by atoms with E-state index in [-0.39, 0.29) is 12.0 Å². The second-order valence-corrected chi connectivity index (χ2v) is 6.69. The Hall–Kier alpha value is -3.61. The SMILES string of the molecule is COc1ccc(NC(=O)c2ccccc2NC(=O)[C@H]2CC=CC[C@H]2C(=O)[O-])cc1. The summed E-state index contributed by atoms with van der Waals surface area (Å²) < 4.78 is 5.09. The van der Waals surface area contributed by atoms with E-state index in [1.165, 1.54) is 0 Å². The molecule has 7 heteroatoms. The van der Waals surface area contributed by atoms with Crippen molar-refractivity contribution >= 4 is 29.2 Å². The van der Waals surface area contributed by atoms with Gasteiger partial charge in [-0.05, 0) is 49.2 Å². The number of carboxylic acids is 1. The van der Waals surface area contributed by atoms with E-state index in [0.717, 1.165) is 0 Å². The highest BCUT2D eigenvalue weighted by atomic mass is 16.5. The summed E-state index contributed by atoms with van der Waals surface area (Å²) in [5, 5.41) is 16.8. The van der Waals surface area contributed by atoms with Crippen LogP contribution in [0.4, 0.5) is 11.4 Å². The van der Waals surface area contributed by atoms with Crippen LogP contribution in [-0.2, 0) is 9.59 Å². The van der Waals surface area contributed by atoms with E-state index in [2.05, 4.69) is 10.6 Å². The van der Waals surface area contributed by atoms with Gasteiger partial charge in [-0.2, -0.15) is 0 Å². The number of hydrogen-bond donors (Lipinski definition) is 2. The zero-order valence-electron chi connectivity index (χ0n) is 15.9. The number of nitrogens with one attached hydrogen (secondary N) is 2. The van der Waals surface area contributed by atoms with E-state index in [9.17, 15) is 19.5 Å². The van der Waals surface area contributed by atoms with Gasteiger partial charge < -0.3 is 25.3 Å². The minimum absolute atomic E-state index is 0.250. The fraction of sp³-hybridized carbons (Fsp3) is 0.227. The fourth-order valence-corrected chi connectivity index (χ4v) is 3.25. The van der Waals surface area contributed by atoms with Crippen LogP contribution in [0.15, 0.2) is 60.7 Å². The third-order valence-corrected chi connectivity index (χ3v) is 4.85. The molecule has 2 N–H and O–H groups in total. The van der Waals surface area contributed by atoms with Gasteiger partial charge >= 0.3 is 0 Å². The summed E-state index contributed by atoms with van der Waals surface area (Å²) in [5.41, 5.74) is 1.16. The van der Waals surface area contributed by atoms with Crippen molar-refractivity contribution in [1.82, 2.24) is 0 Å². The van der Waals surface area contributed by atoms with Crippen molar-refractivity contribution < 1.29 is 24.2 Å². The number of rotatable bonds is 6. The fourth-order valence-electron chi connectivity index (χ4n) is 3.25. The molecule has 0 heterocycles. The summed E-state index contributed by atoms with van der Waals surface area (Å²) in [6.45, 7) is 0. The highest BCUT2D eigenvalue weighted by Gasteiger charge is 2.30. The number of methoxy groups -OCH3 is 1. The largest absolute Gasteiger partial charge is 0.550 e. The molecule has 7 nitrogen and oxygen atoms in total. The molecular weight excluding hydrogens is 372 g/mol. The highest BCUT2D eigenvalue weighted by Crippen LogP contribution is 2.27. The topological polar surface area (TPSA) is 108 Å². The quantitative estimate of drug-likeness (QED) is 0.732. The van der Waals surface area contributed by atoms with Crippen molar-refractivity contribution in [3.05, 3.63) is 66.2 Å². The molecule has 0 saturated carbocycles. The van der Waals surface area contributed by atoms with Gasteiger partial charge in [0.1, 0.15) is 5.75 Å². The predicted octanol–water partition coefficient (Wildman–Crippen LogP) is 2.22. The Kier molecular flexibility index (Phi) is 6.29. The number of aliphatic carboxylic acids is 1. The number of anilines is 2. The number of ether oxygens (including phenoxy) is 1. The molecule has 1 aliphatic rings. The maximum Gasteiger partial charge on any atom is 0.257 e. The molecule has 0 aromatic heterocycles. The van der Waals surface area contributed by atoms with Crippen molar-refractivity contribution in [1.29, 1.82) is 0 Å². The number of hydrogen-bond acceptors (Lipinski definition) is 5. The molecular formula is C22H21N2O5-. The molecule has 0 unspecified atom stereocenters. The molecule has 3 rings (SSSR count). The Morgan fingerprint density at radius 2 is 1.59 bits per heavy atom. The second-order valence-electron chi connectivity index (χ2n) is 6.69. The summed E-state index contributed by atoms with van der Waals surface area (Å²) in [6, 6.07) is 13.4. The van der Waals surface area contributed by atoms with Crippen LogP contribution in [0.25, 0.3) is 0 Å². The number of carbonyl (C=O) groups excluding carboxylic acids is 3. The van der Waals surface area contributed by atoms with Gasteiger partial charge in [0.2, 0.25) is 5.91 Å². The highest BCUT2D eigenvalue weighted by molar-refractivity contribution is 6.10. The van der Waals surface area contributed by atoms with Gasteiger partial charge in [-0.1, -0.05) is 24.3 Å². The van der Waals surface area contributed by atoms with Gasteiger partial charge in [0.25, 0.3) is 5.91 Å². The van der Waals surface area contributed by atoms with Crippen LogP contribution in [0.2, 0.25) is 0 Å². The summed E-state index contributed by atoms with van der Waals surface area (Å²) in [7, 11) is 1.56. The normalized spacial score (nSPS) is 18.0. The van der Waals surface area contributed by atoms with Crippen molar-refractivity contribution in [2.45, 2.75) is 12.8 Å². The minimum Gasteiger partial charge on any atom is -0.550 e. The number of allylic oxidation sites excluding steroid dienone is 2. The number of amides is 2. The third kappa shape index (κ3) is 4.82. The molecule has 0 radical (unpaired) electrons. The molecule has 1 aliphatic carbocycles. The van der Waals surface area contributed by atoms with Crippen molar-refractivity contribution in [2.75, 3.05) is 17.7 Å². The molecule has 29 heavy (non-hydrogen) atoms. The first-order valence-electron chi connectivity index (χ1n) is 9.20. The molecule has 2 aromatic carbocycles. The summed E-state index contributed by atoms with van der Waals surface area (Å²) in [5.74, 6) is -3.07. The first-order chi connectivity index (χ1) is 14.0. The van der Waals surface area contributed by atoms with Crippen LogP contribution in [0, 0.1) is 11.8 Å². The van der Waals surface area contributed by atoms with Gasteiger partial charge in [-0.25, -0.2) is 0 Å². The Morgan fingerprint density at radius 3 is 2.24 bits per heavy atom. The molecule has 2 atom stereocenters. The van der Waals surface area contributed by atoms with Crippen LogP contribution in [0.1, 0.15) is 23.2 Å². The molecule has 0 fully saturated rings. The van der Waals surface area contributed by atoms with E-state index >= 15 is 0 Å². The lowest BCUT2D eigenvalue weighted by Crippen LogP contribution is -2.41. The Labute approximate surface area is 168 Å². The van der Waals surface area contributed by atoms with Gasteiger partial charge in [-0.3, -0.25) is 9.59 Å². The van der Waals surface area contributed by atoms with Crippen molar-refractivity contribution in [3.63, 3.8) is 0 Å². The van der Waals surface area contributed by atoms with Crippen molar-refractivity contribution in [3.8, 4) is 5.75 Å². The lowest BCUT2D eigenvalue weighted by atomic mass is 9.82. The molecule has 150 valence electrons. The molecule has 0 saturated heterocycles.